The molecule has 0 saturated carbocycles. The topological polar surface area (TPSA) is 56.7 Å². The molecule has 0 atom stereocenters. The summed E-state index contributed by atoms with van der Waals surface area (Å²) in [6.45, 7) is 7.74. The zero-order valence-corrected chi connectivity index (χ0v) is 16.8. The van der Waals surface area contributed by atoms with Gasteiger partial charge in [0.15, 0.2) is 0 Å². The third-order valence-electron chi connectivity index (χ3n) is 4.05. The quantitative estimate of drug-likeness (QED) is 0.347. The molecule has 0 fully saturated rings. The fourth-order valence-corrected chi connectivity index (χ4v) is 2.86. The van der Waals surface area contributed by atoms with Crippen molar-refractivity contribution in [3.05, 3.63) is 59.5 Å². The highest BCUT2D eigenvalue weighted by Crippen LogP contribution is 2.21. The molecule has 2 aromatic rings. The molecule has 6 heteroatoms. The summed E-state index contributed by atoms with van der Waals surface area (Å²) >= 11 is 4.28. The van der Waals surface area contributed by atoms with Crippen LogP contribution in [0.1, 0.15) is 26.3 Å². The molecule has 142 valence electrons. The predicted molar refractivity (Wildman–Crippen MR) is 120 cm³/mol. The largest absolute Gasteiger partial charge is 0.372 e. The Morgan fingerprint density at radius 1 is 1.04 bits per heavy atom. The van der Waals surface area contributed by atoms with E-state index in [-0.39, 0.29) is 5.91 Å². The van der Waals surface area contributed by atoms with Crippen LogP contribution in [0, 0.1) is 0 Å². The monoisotopic (exact) mass is 382 g/mol. The first kappa shape index (κ1) is 20.6. The smallest absolute Gasteiger partial charge is 0.221 e. The lowest BCUT2D eigenvalue weighted by molar-refractivity contribution is -0.114. The summed E-state index contributed by atoms with van der Waals surface area (Å²) in [5.41, 5.74) is 4.60. The van der Waals surface area contributed by atoms with E-state index in [1.165, 1.54) is 12.6 Å². The molecular weight excluding hydrogens is 356 g/mol. The summed E-state index contributed by atoms with van der Waals surface area (Å²) < 4.78 is 0. The highest BCUT2D eigenvalue weighted by atomic mass is 32.1. The number of hydrogen-bond acceptors (Lipinski definition) is 4. The van der Waals surface area contributed by atoms with E-state index in [1.54, 1.807) is 11.7 Å². The highest BCUT2D eigenvalue weighted by molar-refractivity contribution is 7.83. The molecule has 0 aliphatic rings. The van der Waals surface area contributed by atoms with Gasteiger partial charge in [0.1, 0.15) is 0 Å². The van der Waals surface area contributed by atoms with E-state index >= 15 is 0 Å². The number of nitrogens with one attached hydrogen (secondary N) is 2. The number of thiol groups is 1. The molecule has 0 spiro atoms. The van der Waals surface area contributed by atoms with E-state index in [0.29, 0.717) is 0 Å². The van der Waals surface area contributed by atoms with E-state index in [1.807, 2.05) is 24.3 Å². The Hall–Kier alpha value is -2.73. The van der Waals surface area contributed by atoms with Crippen LogP contribution in [0.25, 0.3) is 5.70 Å². The first-order chi connectivity index (χ1) is 13.1. The van der Waals surface area contributed by atoms with E-state index in [2.05, 4.69) is 71.3 Å². The summed E-state index contributed by atoms with van der Waals surface area (Å²) in [4.78, 5) is 17.8. The summed E-state index contributed by atoms with van der Waals surface area (Å²) in [7, 11) is 0. The fourth-order valence-electron chi connectivity index (χ4n) is 2.64. The molecule has 0 aliphatic carbocycles. The second-order valence-electron chi connectivity index (χ2n) is 5.89. The van der Waals surface area contributed by atoms with E-state index in [9.17, 15) is 4.79 Å². The normalized spacial score (nSPS) is 11.5. The molecule has 0 aromatic heterocycles. The number of rotatable bonds is 8. The molecule has 27 heavy (non-hydrogen) atoms. The Bertz CT molecular complexity index is 794. The van der Waals surface area contributed by atoms with E-state index < -0.39 is 0 Å². The first-order valence-corrected chi connectivity index (χ1v) is 9.45. The van der Waals surface area contributed by atoms with Gasteiger partial charge in [0.2, 0.25) is 5.91 Å². The van der Waals surface area contributed by atoms with Crippen molar-refractivity contribution in [3.8, 4) is 0 Å². The number of carbonyl (C=O) groups is 1. The Kier molecular flexibility index (Phi) is 7.95. The van der Waals surface area contributed by atoms with Crippen LogP contribution in [-0.4, -0.2) is 25.3 Å². The van der Waals surface area contributed by atoms with Gasteiger partial charge in [0, 0.05) is 42.6 Å². The molecule has 0 aliphatic heterocycles. The van der Waals surface area contributed by atoms with Crippen molar-refractivity contribution in [1.29, 1.82) is 0 Å². The second kappa shape index (κ2) is 10.4. The van der Waals surface area contributed by atoms with E-state index in [0.717, 1.165) is 35.7 Å². The number of carbonyl (C=O) groups excluding carboxylic acids is 1. The van der Waals surface area contributed by atoms with Gasteiger partial charge in [-0.05, 0) is 55.7 Å². The number of hydrogen-bond donors (Lipinski definition) is 3. The molecule has 0 radical (unpaired) electrons. The molecule has 2 rings (SSSR count). The van der Waals surface area contributed by atoms with Gasteiger partial charge in [-0.15, -0.1) is 12.6 Å². The maximum atomic E-state index is 11.0. The molecule has 0 unspecified atom stereocenters. The summed E-state index contributed by atoms with van der Waals surface area (Å²) in [5.74, 6) is -0.0900. The minimum atomic E-state index is -0.0900. The van der Waals surface area contributed by atoms with Crippen molar-refractivity contribution in [2.24, 2.45) is 4.99 Å². The van der Waals surface area contributed by atoms with Crippen LogP contribution in [0.15, 0.2) is 58.9 Å². The Balaban J connectivity index is 2.01. The molecule has 2 aromatic carbocycles. The number of aliphatic imine (C=N–C) groups is 1. The van der Waals surface area contributed by atoms with Gasteiger partial charge in [0.05, 0.1) is 12.0 Å². The third-order valence-corrected chi connectivity index (χ3v) is 4.30. The van der Waals surface area contributed by atoms with Gasteiger partial charge in [-0.1, -0.05) is 12.1 Å². The zero-order chi connectivity index (χ0) is 19.6. The Morgan fingerprint density at radius 3 is 2.15 bits per heavy atom. The molecule has 0 heterocycles. The van der Waals surface area contributed by atoms with Crippen molar-refractivity contribution >= 4 is 47.6 Å². The van der Waals surface area contributed by atoms with Crippen LogP contribution in [-0.2, 0) is 4.79 Å². The number of anilines is 3. The third kappa shape index (κ3) is 6.18. The SMILES string of the molecule is CCN(CC)c1ccc(/C(=C/S)N=CNc2ccc(NC(C)=O)cc2)cc1. The van der Waals surface area contributed by atoms with Crippen LogP contribution in [0.5, 0.6) is 0 Å². The Labute approximate surface area is 166 Å². The Morgan fingerprint density at radius 2 is 1.63 bits per heavy atom. The van der Waals surface area contributed by atoms with Crippen LogP contribution < -0.4 is 15.5 Å². The van der Waals surface area contributed by atoms with Gasteiger partial charge >= 0.3 is 0 Å². The summed E-state index contributed by atoms with van der Waals surface area (Å²) in [5, 5.41) is 7.54. The molecule has 2 N–H and O–H groups in total. The van der Waals surface area contributed by atoms with Gasteiger partial charge in [0.25, 0.3) is 0 Å². The van der Waals surface area contributed by atoms with Crippen molar-refractivity contribution in [3.63, 3.8) is 0 Å². The fraction of sp³-hybridized carbons (Fsp3) is 0.238. The van der Waals surface area contributed by atoms with Gasteiger partial charge in [-0.2, -0.15) is 0 Å². The van der Waals surface area contributed by atoms with Crippen LogP contribution in [0.3, 0.4) is 0 Å². The summed E-state index contributed by atoms with van der Waals surface area (Å²) in [6, 6.07) is 15.7. The lowest BCUT2D eigenvalue weighted by Gasteiger charge is -2.21. The van der Waals surface area contributed by atoms with Gasteiger partial charge in [-0.3, -0.25) is 4.79 Å². The molecule has 0 saturated heterocycles. The van der Waals surface area contributed by atoms with Gasteiger partial charge in [-0.25, -0.2) is 4.99 Å². The second-order valence-corrected chi connectivity index (χ2v) is 6.15. The number of benzene rings is 2. The van der Waals surface area contributed by atoms with Crippen molar-refractivity contribution in [1.82, 2.24) is 0 Å². The molecule has 5 nitrogen and oxygen atoms in total. The molecular formula is C21H26N4OS. The van der Waals surface area contributed by atoms with Crippen LogP contribution >= 0.6 is 12.6 Å². The van der Waals surface area contributed by atoms with Crippen molar-refractivity contribution < 1.29 is 4.79 Å². The standard InChI is InChI=1S/C21H26N4OS/c1-4-25(5-2)20-12-6-17(7-13-20)21(14-27)23-15-22-18-8-10-19(11-9-18)24-16(3)26/h6-15,27H,4-5H2,1-3H3,(H,22,23)(H,24,26)/b21-14-. The zero-order valence-electron chi connectivity index (χ0n) is 15.9. The van der Waals surface area contributed by atoms with Crippen molar-refractivity contribution in [2.45, 2.75) is 20.8 Å². The average molecular weight is 383 g/mol. The maximum absolute atomic E-state index is 11.0. The lowest BCUT2D eigenvalue weighted by atomic mass is 10.1. The number of amides is 1. The number of nitrogens with zero attached hydrogens (tertiary/aromatic N) is 2. The lowest BCUT2D eigenvalue weighted by Crippen LogP contribution is -2.21. The van der Waals surface area contributed by atoms with Gasteiger partial charge < -0.3 is 15.5 Å². The van der Waals surface area contributed by atoms with Crippen LogP contribution in [0.2, 0.25) is 0 Å². The van der Waals surface area contributed by atoms with Crippen LogP contribution in [0.4, 0.5) is 17.1 Å². The van der Waals surface area contributed by atoms with Crippen molar-refractivity contribution in [2.75, 3.05) is 28.6 Å². The first-order valence-electron chi connectivity index (χ1n) is 8.93. The average Bonchev–Trinajstić information content (AvgIpc) is 2.68. The minimum absolute atomic E-state index is 0.0900. The minimum Gasteiger partial charge on any atom is -0.372 e. The molecule has 1 amide bonds. The summed E-state index contributed by atoms with van der Waals surface area (Å²) in [6.07, 6.45) is 1.63. The maximum Gasteiger partial charge on any atom is 0.221 e. The predicted octanol–water partition coefficient (Wildman–Crippen LogP) is 4.86. The van der Waals surface area contributed by atoms with E-state index in [4.69, 9.17) is 0 Å². The highest BCUT2D eigenvalue weighted by Gasteiger charge is 2.03. The molecule has 0 bridgehead atoms.